The Morgan fingerprint density at radius 1 is 1.08 bits per heavy atom. The molecular weight excluding hydrogens is 335 g/mol. The molecule has 6 heteroatoms. The van der Waals surface area contributed by atoms with Gasteiger partial charge in [-0.05, 0) is 55.2 Å². The molecule has 0 aliphatic rings. The fourth-order valence-corrected chi connectivity index (χ4v) is 2.59. The fraction of sp³-hybridized carbons (Fsp3) is 0.200. The number of hydrogen-bond acceptors (Lipinski definition) is 5. The van der Waals surface area contributed by atoms with E-state index >= 15 is 0 Å². The van der Waals surface area contributed by atoms with Crippen LogP contribution in [-0.2, 0) is 17.6 Å². The Morgan fingerprint density at radius 3 is 2.23 bits per heavy atom. The summed E-state index contributed by atoms with van der Waals surface area (Å²) in [6, 6.07) is 14.4. The molecule has 5 nitrogen and oxygen atoms in total. The van der Waals surface area contributed by atoms with E-state index in [2.05, 4.69) is 10.5 Å². The largest absolute Gasteiger partial charge is 0.464 e. The molecule has 0 spiro atoms. The first-order valence-electron chi connectivity index (χ1n) is 8.22. The van der Waals surface area contributed by atoms with Crippen LogP contribution >= 0.6 is 0 Å². The molecule has 0 bridgehead atoms. The van der Waals surface area contributed by atoms with Gasteiger partial charge in [-0.3, -0.25) is 0 Å². The quantitative estimate of drug-likeness (QED) is 0.663. The van der Waals surface area contributed by atoms with Crippen molar-refractivity contribution in [2.24, 2.45) is 0 Å². The van der Waals surface area contributed by atoms with Gasteiger partial charge >= 0.3 is 5.97 Å². The molecule has 1 aromatic heterocycles. The van der Waals surface area contributed by atoms with Crippen molar-refractivity contribution in [3.8, 4) is 0 Å². The third-order valence-electron chi connectivity index (χ3n) is 4.08. The van der Waals surface area contributed by atoms with Crippen LogP contribution in [-0.4, -0.2) is 18.2 Å². The summed E-state index contributed by atoms with van der Waals surface area (Å²) in [6.07, 6.45) is 1.69. The van der Waals surface area contributed by atoms with Gasteiger partial charge in [-0.25, -0.2) is 9.18 Å². The summed E-state index contributed by atoms with van der Waals surface area (Å²) in [7, 11) is 1.30. The normalized spacial score (nSPS) is 10.6. The lowest BCUT2D eigenvalue weighted by atomic mass is 10.0. The van der Waals surface area contributed by atoms with Crippen LogP contribution in [0.5, 0.6) is 0 Å². The third kappa shape index (κ3) is 4.08. The van der Waals surface area contributed by atoms with Crippen molar-refractivity contribution < 1.29 is 18.4 Å². The maximum atomic E-state index is 12.9. The molecule has 0 fully saturated rings. The first-order valence-corrected chi connectivity index (χ1v) is 8.22. The molecule has 0 aliphatic carbocycles. The fourth-order valence-electron chi connectivity index (χ4n) is 2.59. The van der Waals surface area contributed by atoms with Crippen LogP contribution in [0.15, 0.2) is 53.1 Å². The summed E-state index contributed by atoms with van der Waals surface area (Å²) in [4.78, 5) is 11.7. The van der Waals surface area contributed by atoms with Crippen molar-refractivity contribution in [2.75, 3.05) is 12.4 Å². The van der Waals surface area contributed by atoms with Gasteiger partial charge in [0.2, 0.25) is 5.69 Å². The van der Waals surface area contributed by atoms with Gasteiger partial charge in [0.1, 0.15) is 11.5 Å². The second-order valence-electron chi connectivity index (χ2n) is 5.90. The molecular formula is C20H19FN2O3. The van der Waals surface area contributed by atoms with Gasteiger partial charge in [0.15, 0.2) is 5.76 Å². The number of esters is 1. The van der Waals surface area contributed by atoms with Crippen LogP contribution in [0.1, 0.15) is 27.4 Å². The first kappa shape index (κ1) is 17.7. The van der Waals surface area contributed by atoms with Crippen molar-refractivity contribution in [1.29, 1.82) is 0 Å². The van der Waals surface area contributed by atoms with E-state index in [1.54, 1.807) is 19.1 Å². The highest BCUT2D eigenvalue weighted by atomic mass is 19.1. The molecule has 0 atom stereocenters. The lowest BCUT2D eigenvalue weighted by molar-refractivity contribution is 0.0590. The lowest BCUT2D eigenvalue weighted by Gasteiger charge is -2.08. The second-order valence-corrected chi connectivity index (χ2v) is 5.90. The van der Waals surface area contributed by atoms with Crippen molar-refractivity contribution in [1.82, 2.24) is 5.16 Å². The van der Waals surface area contributed by atoms with E-state index < -0.39 is 5.97 Å². The van der Waals surface area contributed by atoms with Gasteiger partial charge in [-0.1, -0.05) is 29.4 Å². The Labute approximate surface area is 150 Å². The average Bonchev–Trinajstić information content (AvgIpc) is 3.02. The Balaban J connectivity index is 1.66. The van der Waals surface area contributed by atoms with Crippen molar-refractivity contribution in [2.45, 2.75) is 19.8 Å². The molecule has 0 unspecified atom stereocenters. The molecule has 3 aromatic rings. The number of nitrogens with one attached hydrogen (secondary N) is 1. The molecule has 0 saturated carbocycles. The number of hydrogen-bond donors (Lipinski definition) is 1. The third-order valence-corrected chi connectivity index (χ3v) is 4.08. The van der Waals surface area contributed by atoms with E-state index in [9.17, 15) is 9.18 Å². The number of aryl methyl sites for hydroxylation is 3. The first-order chi connectivity index (χ1) is 12.6. The van der Waals surface area contributed by atoms with Gasteiger partial charge < -0.3 is 14.6 Å². The number of halogens is 1. The molecule has 2 aromatic carbocycles. The monoisotopic (exact) mass is 354 g/mol. The summed E-state index contributed by atoms with van der Waals surface area (Å²) in [5.41, 5.74) is 3.68. The van der Waals surface area contributed by atoms with E-state index in [1.807, 2.05) is 24.3 Å². The maximum Gasteiger partial charge on any atom is 0.362 e. The molecule has 0 saturated heterocycles. The zero-order chi connectivity index (χ0) is 18.5. The molecule has 0 aliphatic heterocycles. The number of methoxy groups -OCH3 is 1. The summed E-state index contributed by atoms with van der Waals surface area (Å²) >= 11 is 0. The lowest BCUT2D eigenvalue weighted by Crippen LogP contribution is -2.05. The van der Waals surface area contributed by atoms with Gasteiger partial charge in [-0.2, -0.15) is 0 Å². The molecule has 0 amide bonds. The molecule has 3 rings (SSSR count). The van der Waals surface area contributed by atoms with E-state index in [4.69, 9.17) is 9.26 Å². The van der Waals surface area contributed by atoms with Gasteiger partial charge in [-0.15, -0.1) is 0 Å². The minimum Gasteiger partial charge on any atom is -0.464 e. The zero-order valence-electron chi connectivity index (χ0n) is 14.6. The maximum absolute atomic E-state index is 12.9. The number of nitrogens with zero attached hydrogens (tertiary/aromatic N) is 1. The van der Waals surface area contributed by atoms with E-state index in [-0.39, 0.29) is 11.5 Å². The van der Waals surface area contributed by atoms with Crippen LogP contribution in [0.25, 0.3) is 0 Å². The van der Waals surface area contributed by atoms with E-state index in [0.29, 0.717) is 11.4 Å². The van der Waals surface area contributed by atoms with Gasteiger partial charge in [0.05, 0.1) is 7.11 Å². The van der Waals surface area contributed by atoms with Crippen molar-refractivity contribution in [3.63, 3.8) is 0 Å². The smallest absolute Gasteiger partial charge is 0.362 e. The number of benzene rings is 2. The van der Waals surface area contributed by atoms with Crippen LogP contribution < -0.4 is 5.32 Å². The Hall–Kier alpha value is -3.15. The Morgan fingerprint density at radius 2 is 1.65 bits per heavy atom. The predicted molar refractivity (Wildman–Crippen MR) is 96.1 cm³/mol. The standard InChI is InChI=1S/C20H19FN2O3/c1-13-18(19(23-26-13)20(24)25-2)22-17-11-7-15(8-12-17)4-3-14-5-9-16(21)10-6-14/h5-12,22H,3-4H2,1-2H3. The van der Waals surface area contributed by atoms with Crippen LogP contribution in [0, 0.1) is 12.7 Å². The minimum atomic E-state index is -0.555. The van der Waals surface area contributed by atoms with Crippen LogP contribution in [0.3, 0.4) is 0 Å². The molecule has 26 heavy (non-hydrogen) atoms. The molecule has 1 N–H and O–H groups in total. The van der Waals surface area contributed by atoms with E-state index in [1.165, 1.54) is 19.2 Å². The van der Waals surface area contributed by atoms with Gasteiger partial charge in [0, 0.05) is 5.69 Å². The molecule has 0 radical (unpaired) electrons. The van der Waals surface area contributed by atoms with Crippen LogP contribution in [0.4, 0.5) is 15.8 Å². The highest BCUT2D eigenvalue weighted by Gasteiger charge is 2.20. The summed E-state index contributed by atoms with van der Waals surface area (Å²) in [5, 5.41) is 6.88. The predicted octanol–water partition coefficient (Wildman–Crippen LogP) is 4.44. The second kappa shape index (κ2) is 7.82. The zero-order valence-corrected chi connectivity index (χ0v) is 14.6. The number of carbonyl (C=O) groups excluding carboxylic acids is 1. The number of carbonyl (C=O) groups is 1. The number of aromatic nitrogens is 1. The van der Waals surface area contributed by atoms with Crippen LogP contribution in [0.2, 0.25) is 0 Å². The highest BCUT2D eigenvalue weighted by molar-refractivity contribution is 5.94. The molecule has 1 heterocycles. The summed E-state index contributed by atoms with van der Waals surface area (Å²) in [6.45, 7) is 1.72. The number of ether oxygens (including phenoxy) is 1. The van der Waals surface area contributed by atoms with E-state index in [0.717, 1.165) is 29.7 Å². The Bertz CT molecular complexity index is 886. The Kier molecular flexibility index (Phi) is 5.31. The number of rotatable bonds is 6. The van der Waals surface area contributed by atoms with Gasteiger partial charge in [0.25, 0.3) is 0 Å². The summed E-state index contributed by atoms with van der Waals surface area (Å²) < 4.78 is 22.7. The number of anilines is 2. The SMILES string of the molecule is COC(=O)c1noc(C)c1Nc1ccc(CCc2ccc(F)cc2)cc1. The summed E-state index contributed by atoms with van der Waals surface area (Å²) in [5.74, 6) is -0.273. The molecule has 134 valence electrons. The minimum absolute atomic E-state index is 0.116. The average molecular weight is 354 g/mol. The van der Waals surface area contributed by atoms with Crippen molar-refractivity contribution >= 4 is 17.3 Å². The van der Waals surface area contributed by atoms with Crippen molar-refractivity contribution in [3.05, 3.63) is 76.9 Å². The topological polar surface area (TPSA) is 64.4 Å². The highest BCUT2D eigenvalue weighted by Crippen LogP contribution is 2.25.